The Morgan fingerprint density at radius 2 is 1.94 bits per heavy atom. The largest absolute Gasteiger partial charge is 0.395 e. The summed E-state index contributed by atoms with van der Waals surface area (Å²) in [6.45, 7) is -0.242. The van der Waals surface area contributed by atoms with Crippen LogP contribution in [0.5, 0.6) is 0 Å². The van der Waals surface area contributed by atoms with Crippen LogP contribution in [-0.2, 0) is 0 Å². The predicted molar refractivity (Wildman–Crippen MR) is 57.1 cm³/mol. The van der Waals surface area contributed by atoms with Crippen LogP contribution >= 0.6 is 0 Å². The summed E-state index contributed by atoms with van der Waals surface area (Å²) >= 11 is 0. The summed E-state index contributed by atoms with van der Waals surface area (Å²) in [7, 11) is 0. The molecule has 1 aromatic rings. The van der Waals surface area contributed by atoms with E-state index < -0.39 is 11.5 Å². The van der Waals surface area contributed by atoms with Crippen LogP contribution in [0.4, 0.5) is 0 Å². The van der Waals surface area contributed by atoms with Gasteiger partial charge in [-0.05, 0) is 12.1 Å². The lowest BCUT2D eigenvalue weighted by Crippen LogP contribution is -2.38. The molecule has 1 heterocycles. The monoisotopic (exact) mass is 226 g/mol. The standard InChI is InChI=1S/C10H14N2O4/c13-6-4-12(5-7-14)10(16)8-2-1-3-11-9(8)15/h1-3,13-14H,4-7H2,(H,11,15). The Balaban J connectivity index is 2.90. The van der Waals surface area contributed by atoms with Crippen molar-refractivity contribution in [2.24, 2.45) is 0 Å². The number of nitrogens with one attached hydrogen (secondary N) is 1. The van der Waals surface area contributed by atoms with Gasteiger partial charge in [-0.25, -0.2) is 0 Å². The van der Waals surface area contributed by atoms with Crippen LogP contribution in [0.3, 0.4) is 0 Å². The highest BCUT2D eigenvalue weighted by Gasteiger charge is 2.17. The molecule has 1 amide bonds. The van der Waals surface area contributed by atoms with E-state index in [4.69, 9.17) is 10.2 Å². The number of hydrogen-bond acceptors (Lipinski definition) is 4. The maximum Gasteiger partial charge on any atom is 0.260 e. The number of aliphatic hydroxyl groups is 2. The molecule has 3 N–H and O–H groups in total. The summed E-state index contributed by atoms with van der Waals surface area (Å²) in [5, 5.41) is 17.5. The third-order valence-electron chi connectivity index (χ3n) is 2.08. The quantitative estimate of drug-likeness (QED) is 0.588. The van der Waals surface area contributed by atoms with Crippen LogP contribution in [0.25, 0.3) is 0 Å². The van der Waals surface area contributed by atoms with Gasteiger partial charge >= 0.3 is 0 Å². The molecule has 0 fully saturated rings. The summed E-state index contributed by atoms with van der Waals surface area (Å²) in [6, 6.07) is 2.95. The first-order chi connectivity index (χ1) is 7.70. The summed E-state index contributed by atoms with van der Waals surface area (Å²) in [4.78, 5) is 26.8. The maximum atomic E-state index is 11.8. The van der Waals surface area contributed by atoms with Crippen molar-refractivity contribution in [2.75, 3.05) is 26.3 Å². The SMILES string of the molecule is O=C(c1ccc[nH]c1=O)N(CCO)CCO. The number of aromatic nitrogens is 1. The minimum atomic E-state index is -0.495. The van der Waals surface area contributed by atoms with Crippen LogP contribution in [-0.4, -0.2) is 52.3 Å². The number of aromatic amines is 1. The fourth-order valence-electron chi connectivity index (χ4n) is 1.32. The van der Waals surface area contributed by atoms with E-state index in [0.717, 1.165) is 0 Å². The van der Waals surface area contributed by atoms with E-state index >= 15 is 0 Å². The third-order valence-corrected chi connectivity index (χ3v) is 2.08. The number of rotatable bonds is 5. The van der Waals surface area contributed by atoms with Gasteiger partial charge in [0.25, 0.3) is 11.5 Å². The molecule has 1 rings (SSSR count). The highest BCUT2D eigenvalue weighted by Crippen LogP contribution is 1.98. The molecule has 0 atom stereocenters. The third kappa shape index (κ3) is 2.91. The Bertz CT molecular complexity index is 396. The molecule has 0 saturated carbocycles. The Hall–Kier alpha value is -1.66. The lowest BCUT2D eigenvalue weighted by molar-refractivity contribution is 0.0683. The number of aliphatic hydroxyl groups excluding tert-OH is 2. The Morgan fingerprint density at radius 1 is 1.31 bits per heavy atom. The molecular weight excluding hydrogens is 212 g/mol. The normalized spacial score (nSPS) is 10.1. The molecular formula is C10H14N2O4. The van der Waals surface area contributed by atoms with Crippen molar-refractivity contribution in [1.29, 1.82) is 0 Å². The van der Waals surface area contributed by atoms with E-state index in [1.807, 2.05) is 0 Å². The number of H-pyrrole nitrogens is 1. The molecule has 0 aliphatic heterocycles. The second kappa shape index (κ2) is 6.04. The molecule has 88 valence electrons. The molecule has 0 bridgehead atoms. The van der Waals surface area contributed by atoms with Crippen molar-refractivity contribution in [1.82, 2.24) is 9.88 Å². The van der Waals surface area contributed by atoms with Gasteiger partial charge in [0.1, 0.15) is 5.56 Å². The first-order valence-electron chi connectivity index (χ1n) is 4.89. The molecule has 0 spiro atoms. The van der Waals surface area contributed by atoms with E-state index in [0.29, 0.717) is 0 Å². The van der Waals surface area contributed by atoms with E-state index in [1.54, 1.807) is 6.07 Å². The van der Waals surface area contributed by atoms with Gasteiger partial charge in [-0.15, -0.1) is 0 Å². The lowest BCUT2D eigenvalue weighted by atomic mass is 10.2. The van der Waals surface area contributed by atoms with Crippen LogP contribution in [0, 0.1) is 0 Å². The minimum absolute atomic E-state index is 0.00407. The molecule has 6 nitrogen and oxygen atoms in total. The van der Waals surface area contributed by atoms with Crippen LogP contribution < -0.4 is 5.56 Å². The fraction of sp³-hybridized carbons (Fsp3) is 0.400. The maximum absolute atomic E-state index is 11.8. The van der Waals surface area contributed by atoms with Crippen molar-refractivity contribution < 1.29 is 15.0 Å². The summed E-state index contributed by atoms with van der Waals surface area (Å²) < 4.78 is 0. The average Bonchev–Trinajstić information content (AvgIpc) is 2.28. The van der Waals surface area contributed by atoms with Gasteiger partial charge in [-0.2, -0.15) is 0 Å². The van der Waals surface area contributed by atoms with E-state index in [9.17, 15) is 9.59 Å². The smallest absolute Gasteiger partial charge is 0.260 e. The van der Waals surface area contributed by atoms with Gasteiger partial charge in [0.15, 0.2) is 0 Å². The number of hydrogen-bond donors (Lipinski definition) is 3. The van der Waals surface area contributed by atoms with Crippen LogP contribution in [0.15, 0.2) is 23.1 Å². The molecule has 0 aromatic carbocycles. The molecule has 1 aromatic heterocycles. The van der Waals surface area contributed by atoms with Crippen molar-refractivity contribution in [3.8, 4) is 0 Å². The Morgan fingerprint density at radius 3 is 2.44 bits per heavy atom. The van der Waals surface area contributed by atoms with Crippen molar-refractivity contribution in [3.05, 3.63) is 34.2 Å². The lowest BCUT2D eigenvalue weighted by Gasteiger charge is -2.19. The van der Waals surface area contributed by atoms with Crippen molar-refractivity contribution >= 4 is 5.91 Å². The zero-order chi connectivity index (χ0) is 12.0. The van der Waals surface area contributed by atoms with Crippen LogP contribution in [0.2, 0.25) is 0 Å². The van der Waals surface area contributed by atoms with Crippen molar-refractivity contribution in [2.45, 2.75) is 0 Å². The summed E-state index contributed by atoms with van der Waals surface area (Å²) in [5.41, 5.74) is -0.474. The molecule has 0 unspecified atom stereocenters. The number of carbonyl (C=O) groups is 1. The first-order valence-corrected chi connectivity index (χ1v) is 4.89. The predicted octanol–water partition coefficient (Wildman–Crippen LogP) is -1.20. The first kappa shape index (κ1) is 12.4. The van der Waals surface area contributed by atoms with Gasteiger partial charge < -0.3 is 20.1 Å². The highest BCUT2D eigenvalue weighted by molar-refractivity contribution is 5.93. The topological polar surface area (TPSA) is 93.6 Å². The van der Waals surface area contributed by atoms with E-state index in [-0.39, 0.29) is 31.9 Å². The zero-order valence-corrected chi connectivity index (χ0v) is 8.72. The number of nitrogens with zero attached hydrogens (tertiary/aromatic N) is 1. The van der Waals surface area contributed by atoms with Crippen LogP contribution in [0.1, 0.15) is 10.4 Å². The molecule has 6 heteroatoms. The average molecular weight is 226 g/mol. The summed E-state index contributed by atoms with van der Waals surface area (Å²) in [5.74, 6) is -0.495. The van der Waals surface area contributed by atoms with Gasteiger partial charge in [0, 0.05) is 19.3 Å². The molecule has 16 heavy (non-hydrogen) atoms. The zero-order valence-electron chi connectivity index (χ0n) is 8.72. The number of carbonyl (C=O) groups excluding carboxylic acids is 1. The minimum Gasteiger partial charge on any atom is -0.395 e. The second-order valence-corrected chi connectivity index (χ2v) is 3.15. The molecule has 0 saturated heterocycles. The van der Waals surface area contributed by atoms with Crippen molar-refractivity contribution in [3.63, 3.8) is 0 Å². The fourth-order valence-corrected chi connectivity index (χ4v) is 1.32. The van der Waals surface area contributed by atoms with Gasteiger partial charge in [0.2, 0.25) is 0 Å². The van der Waals surface area contributed by atoms with Gasteiger partial charge in [-0.1, -0.05) is 0 Å². The Kier molecular flexibility index (Phi) is 4.68. The van der Waals surface area contributed by atoms with E-state index in [1.165, 1.54) is 17.2 Å². The molecule has 0 aliphatic rings. The number of pyridine rings is 1. The molecule has 0 aliphatic carbocycles. The summed E-state index contributed by atoms with van der Waals surface area (Å²) in [6.07, 6.45) is 1.43. The van der Waals surface area contributed by atoms with E-state index in [2.05, 4.69) is 4.98 Å². The second-order valence-electron chi connectivity index (χ2n) is 3.15. The number of amides is 1. The van der Waals surface area contributed by atoms with Gasteiger partial charge in [0.05, 0.1) is 13.2 Å². The molecule has 0 radical (unpaired) electrons. The Labute approximate surface area is 92.1 Å². The highest BCUT2D eigenvalue weighted by atomic mass is 16.3. The van der Waals surface area contributed by atoms with Gasteiger partial charge in [-0.3, -0.25) is 9.59 Å².